The Hall–Kier alpha value is -6.16. The van der Waals surface area contributed by atoms with Crippen LogP contribution in [0.3, 0.4) is 0 Å². The number of anilines is 10. The minimum atomic E-state index is -0.00761. The summed E-state index contributed by atoms with van der Waals surface area (Å²) in [4.78, 5) is 23.9. The lowest BCUT2D eigenvalue weighted by atomic mass is 10.0. The van der Waals surface area contributed by atoms with E-state index in [1.165, 1.54) is 89.5 Å². The van der Waals surface area contributed by atoms with Crippen molar-refractivity contribution in [1.82, 2.24) is 0 Å². The standard InChI is InChI=1S/C50H64N10/c1-51(2)35-29-41(53(5)6)45(49-57(11)39-25-23-33-19-15-17-21-37(33)47(39)59(49)13)43(31-35)55(9)27-28-56(10)44-32-36(52(3)4)30-42(54(7)8)46(44)50-58(12)40-26-24-34-20-16-18-22-38(34)48(40)60(50)14/h15-26,29-32,49-50H,27-28H2,1-14H3. The molecule has 0 amide bonds. The van der Waals surface area contributed by atoms with E-state index < -0.39 is 0 Å². The van der Waals surface area contributed by atoms with E-state index in [-0.39, 0.29) is 12.3 Å². The summed E-state index contributed by atoms with van der Waals surface area (Å²) in [6, 6.07) is 36.1. The molecule has 8 rings (SSSR count). The summed E-state index contributed by atoms with van der Waals surface area (Å²) in [6.45, 7) is 1.63. The van der Waals surface area contributed by atoms with Crippen molar-refractivity contribution < 1.29 is 0 Å². The maximum atomic E-state index is 2.48. The second-order valence-corrected chi connectivity index (χ2v) is 17.7. The molecule has 0 aliphatic carbocycles. The van der Waals surface area contributed by atoms with Crippen LogP contribution in [0.5, 0.6) is 0 Å². The monoisotopic (exact) mass is 805 g/mol. The third kappa shape index (κ3) is 6.57. The van der Waals surface area contributed by atoms with Gasteiger partial charge in [-0.3, -0.25) is 0 Å². The fourth-order valence-electron chi connectivity index (χ4n) is 9.78. The Morgan fingerprint density at radius 1 is 0.400 bits per heavy atom. The lowest BCUT2D eigenvalue weighted by Gasteiger charge is -2.38. The molecule has 0 fully saturated rings. The molecule has 0 bridgehead atoms. The lowest BCUT2D eigenvalue weighted by molar-refractivity contribution is 0.685. The Morgan fingerprint density at radius 3 is 1.10 bits per heavy atom. The molecule has 0 radical (unpaired) electrons. The highest BCUT2D eigenvalue weighted by Crippen LogP contribution is 2.54. The van der Waals surface area contributed by atoms with Crippen molar-refractivity contribution in [3.05, 3.63) is 108 Å². The maximum Gasteiger partial charge on any atom is 0.132 e. The molecule has 2 unspecified atom stereocenters. The van der Waals surface area contributed by atoms with Gasteiger partial charge in [-0.15, -0.1) is 0 Å². The van der Waals surface area contributed by atoms with Crippen molar-refractivity contribution in [3.63, 3.8) is 0 Å². The van der Waals surface area contributed by atoms with Crippen LogP contribution in [0.1, 0.15) is 23.5 Å². The number of benzene rings is 6. The van der Waals surface area contributed by atoms with E-state index in [2.05, 4.69) is 245 Å². The summed E-state index contributed by atoms with van der Waals surface area (Å²) in [5.74, 6) is 0. The minimum absolute atomic E-state index is 0.00761. The molecule has 0 spiro atoms. The molecule has 0 saturated heterocycles. The maximum absolute atomic E-state index is 2.48. The first-order valence-electron chi connectivity index (χ1n) is 21.0. The molecule has 60 heavy (non-hydrogen) atoms. The second kappa shape index (κ2) is 15.5. The molecule has 2 aliphatic rings. The molecular weight excluding hydrogens is 741 g/mol. The fraction of sp³-hybridized carbons (Fsp3) is 0.360. The Labute approximate surface area is 358 Å². The fourth-order valence-corrected chi connectivity index (χ4v) is 9.78. The van der Waals surface area contributed by atoms with Gasteiger partial charge in [0.25, 0.3) is 0 Å². The van der Waals surface area contributed by atoms with Gasteiger partial charge in [-0.05, 0) is 47.2 Å². The summed E-state index contributed by atoms with van der Waals surface area (Å²) in [5, 5.41) is 5.08. The van der Waals surface area contributed by atoms with E-state index in [0.29, 0.717) is 0 Å². The van der Waals surface area contributed by atoms with E-state index >= 15 is 0 Å². The molecule has 2 heterocycles. The average molecular weight is 805 g/mol. The van der Waals surface area contributed by atoms with E-state index in [9.17, 15) is 0 Å². The summed E-state index contributed by atoms with van der Waals surface area (Å²) < 4.78 is 0. The Morgan fingerprint density at radius 2 is 0.750 bits per heavy atom. The zero-order valence-electron chi connectivity index (χ0n) is 38.3. The van der Waals surface area contributed by atoms with Gasteiger partial charge >= 0.3 is 0 Å². The molecule has 0 saturated carbocycles. The van der Waals surface area contributed by atoms with Crippen LogP contribution in [0.25, 0.3) is 21.5 Å². The molecule has 314 valence electrons. The van der Waals surface area contributed by atoms with Crippen LogP contribution in [-0.2, 0) is 0 Å². The molecule has 2 aliphatic heterocycles. The molecule has 6 aromatic rings. The predicted molar refractivity (Wildman–Crippen MR) is 264 cm³/mol. The normalized spacial score (nSPS) is 15.8. The topological polar surface area (TPSA) is 32.4 Å². The quantitative estimate of drug-likeness (QED) is 0.127. The van der Waals surface area contributed by atoms with Crippen LogP contribution in [0.2, 0.25) is 0 Å². The van der Waals surface area contributed by atoms with Gasteiger partial charge in [-0.25, -0.2) is 0 Å². The SMILES string of the molecule is CN(C)c1cc(N(C)C)c(C2N(C)c3ccc4ccccc4c3N2C)c(N(C)CCN(C)c2cc(N(C)C)cc(N(C)C)c2C2N(C)c3ccc4ccccc4c3N2C)c1. The van der Waals surface area contributed by atoms with Crippen LogP contribution in [0.4, 0.5) is 56.9 Å². The number of fused-ring (bicyclic) bond motifs is 6. The zero-order valence-corrected chi connectivity index (χ0v) is 38.3. The third-order valence-electron chi connectivity index (χ3n) is 13.0. The first-order chi connectivity index (χ1) is 28.6. The average Bonchev–Trinajstić information content (AvgIpc) is 3.64. The van der Waals surface area contributed by atoms with Crippen LogP contribution in [0, 0.1) is 0 Å². The summed E-state index contributed by atoms with van der Waals surface area (Å²) >= 11 is 0. The van der Waals surface area contributed by atoms with Gasteiger partial charge in [0.1, 0.15) is 12.3 Å². The van der Waals surface area contributed by atoms with Gasteiger partial charge < -0.3 is 49.0 Å². The second-order valence-electron chi connectivity index (χ2n) is 17.7. The molecule has 10 heteroatoms. The number of likely N-dealkylation sites (N-methyl/N-ethyl adjacent to an activating group) is 2. The number of nitrogens with zero attached hydrogens (tertiary/aromatic N) is 10. The summed E-state index contributed by atoms with van der Waals surface area (Å²) in [6.07, 6.45) is -0.0152. The Balaban J connectivity index is 1.20. The van der Waals surface area contributed by atoms with Crippen LogP contribution in [0.15, 0.2) is 97.1 Å². The lowest BCUT2D eigenvalue weighted by Crippen LogP contribution is -2.37. The predicted octanol–water partition coefficient (Wildman–Crippen LogP) is 9.00. The van der Waals surface area contributed by atoms with Crippen LogP contribution in [-0.4, -0.2) is 112 Å². The van der Waals surface area contributed by atoms with Crippen molar-refractivity contribution in [2.24, 2.45) is 0 Å². The molecule has 2 atom stereocenters. The van der Waals surface area contributed by atoms with Gasteiger partial charge in [0, 0.05) is 168 Å². The van der Waals surface area contributed by atoms with E-state index in [4.69, 9.17) is 0 Å². The van der Waals surface area contributed by atoms with Crippen LogP contribution >= 0.6 is 0 Å². The molecule has 6 aromatic carbocycles. The van der Waals surface area contributed by atoms with E-state index in [1.54, 1.807) is 0 Å². The highest BCUT2D eigenvalue weighted by molar-refractivity contribution is 6.04. The van der Waals surface area contributed by atoms with Gasteiger partial charge in [0.15, 0.2) is 0 Å². The smallest absolute Gasteiger partial charge is 0.132 e. The van der Waals surface area contributed by atoms with Crippen molar-refractivity contribution in [1.29, 1.82) is 0 Å². The largest absolute Gasteiger partial charge is 0.378 e. The first-order valence-corrected chi connectivity index (χ1v) is 21.0. The molecule has 0 aromatic heterocycles. The molecule has 0 N–H and O–H groups in total. The van der Waals surface area contributed by atoms with Gasteiger partial charge in [0.2, 0.25) is 0 Å². The summed E-state index contributed by atoms with van der Waals surface area (Å²) in [7, 11) is 30.8. The zero-order chi connectivity index (χ0) is 42.9. The highest BCUT2D eigenvalue weighted by atomic mass is 15.4. The Kier molecular flexibility index (Phi) is 10.5. The van der Waals surface area contributed by atoms with E-state index in [1.807, 2.05) is 0 Å². The molecule has 10 nitrogen and oxygen atoms in total. The van der Waals surface area contributed by atoms with Gasteiger partial charge in [-0.1, -0.05) is 60.7 Å². The van der Waals surface area contributed by atoms with Crippen LogP contribution < -0.4 is 49.0 Å². The minimum Gasteiger partial charge on any atom is -0.378 e. The molecular formula is C50H64N10. The van der Waals surface area contributed by atoms with Gasteiger partial charge in [0.05, 0.1) is 22.7 Å². The highest BCUT2D eigenvalue weighted by Gasteiger charge is 2.40. The third-order valence-corrected chi connectivity index (χ3v) is 13.0. The van der Waals surface area contributed by atoms with Crippen molar-refractivity contribution in [2.45, 2.75) is 12.3 Å². The van der Waals surface area contributed by atoms with Crippen molar-refractivity contribution in [2.75, 3.05) is 161 Å². The van der Waals surface area contributed by atoms with Crippen molar-refractivity contribution in [3.8, 4) is 0 Å². The first kappa shape index (κ1) is 40.6. The van der Waals surface area contributed by atoms with Crippen molar-refractivity contribution >= 4 is 78.4 Å². The van der Waals surface area contributed by atoms with E-state index in [0.717, 1.165) is 13.1 Å². The van der Waals surface area contributed by atoms with Gasteiger partial charge in [-0.2, -0.15) is 0 Å². The Bertz CT molecular complexity index is 2390. The number of hydrogen-bond donors (Lipinski definition) is 0. The number of rotatable bonds is 11. The number of hydrogen-bond acceptors (Lipinski definition) is 10. The summed E-state index contributed by atoms with van der Waals surface area (Å²) in [5.41, 5.74) is 14.9.